The van der Waals surface area contributed by atoms with Gasteiger partial charge in [-0.3, -0.25) is 4.79 Å². The Labute approximate surface area is 143 Å². The van der Waals surface area contributed by atoms with Gasteiger partial charge in [-0.15, -0.1) is 0 Å². The summed E-state index contributed by atoms with van der Waals surface area (Å²) in [7, 11) is 1.70. The second-order valence-corrected chi connectivity index (χ2v) is 5.93. The number of carbonyl (C=O) groups excluding carboxylic acids is 1. The lowest BCUT2D eigenvalue weighted by Crippen LogP contribution is -2.27. The van der Waals surface area contributed by atoms with Crippen LogP contribution in [0.5, 0.6) is 0 Å². The zero-order chi connectivity index (χ0) is 18.0. The van der Waals surface area contributed by atoms with Crippen molar-refractivity contribution in [3.63, 3.8) is 0 Å². The molecule has 0 unspecified atom stereocenters. The lowest BCUT2D eigenvalue weighted by atomic mass is 10.1. The molecule has 0 spiro atoms. The maximum absolute atomic E-state index is 13.2. The Morgan fingerprint density at radius 1 is 1.16 bits per heavy atom. The third-order valence-electron chi connectivity index (χ3n) is 4.12. The fourth-order valence-electron chi connectivity index (χ4n) is 2.72. The monoisotopic (exact) mass is 340 g/mol. The van der Waals surface area contributed by atoms with Crippen molar-refractivity contribution in [1.82, 2.24) is 9.88 Å². The van der Waals surface area contributed by atoms with Crippen LogP contribution in [0.2, 0.25) is 0 Å². The molecule has 1 heterocycles. The van der Waals surface area contributed by atoms with Crippen LogP contribution in [0, 0.1) is 5.82 Å². The smallest absolute Gasteiger partial charge is 0.335 e. The van der Waals surface area contributed by atoms with Crippen LogP contribution in [0.15, 0.2) is 48.7 Å². The average molecular weight is 340 g/mol. The maximum atomic E-state index is 13.2. The molecule has 2 N–H and O–H groups in total. The lowest BCUT2D eigenvalue weighted by molar-refractivity contribution is -0.129. The van der Waals surface area contributed by atoms with Gasteiger partial charge in [-0.05, 0) is 41.5 Å². The van der Waals surface area contributed by atoms with E-state index in [4.69, 9.17) is 5.11 Å². The number of carbonyl (C=O) groups is 2. The Hall–Kier alpha value is -3.15. The van der Waals surface area contributed by atoms with Gasteiger partial charge in [0.2, 0.25) is 5.91 Å². The number of nitrogens with one attached hydrogen (secondary N) is 1. The summed E-state index contributed by atoms with van der Waals surface area (Å²) < 4.78 is 13.2. The first kappa shape index (κ1) is 16.7. The second kappa shape index (κ2) is 6.76. The predicted molar refractivity (Wildman–Crippen MR) is 91.8 cm³/mol. The highest BCUT2D eigenvalue weighted by atomic mass is 19.1. The van der Waals surface area contributed by atoms with Gasteiger partial charge in [-0.1, -0.05) is 12.1 Å². The number of aromatic nitrogens is 1. The lowest BCUT2D eigenvalue weighted by Gasteiger charge is -2.17. The molecule has 1 aromatic heterocycles. The van der Waals surface area contributed by atoms with E-state index in [1.807, 2.05) is 0 Å². The normalized spacial score (nSPS) is 10.8. The van der Waals surface area contributed by atoms with E-state index in [0.717, 1.165) is 16.5 Å². The molecule has 25 heavy (non-hydrogen) atoms. The Bertz CT molecular complexity index is 931. The van der Waals surface area contributed by atoms with Gasteiger partial charge in [0, 0.05) is 30.7 Å². The SMILES string of the molecule is CN(Cc1ccc(C(=O)O)cc1)C(=O)Cc1c[nH]c2cc(F)ccc12. The standard InChI is InChI=1S/C19H17FN2O3/c1-22(11-12-2-4-13(5-3-12)19(24)25)18(23)8-14-10-21-17-9-15(20)6-7-16(14)17/h2-7,9-10,21H,8,11H2,1H3,(H,24,25). The number of aromatic amines is 1. The molecule has 1 amide bonds. The summed E-state index contributed by atoms with van der Waals surface area (Å²) in [5, 5.41) is 9.73. The van der Waals surface area contributed by atoms with Gasteiger partial charge >= 0.3 is 5.97 Å². The summed E-state index contributed by atoms with van der Waals surface area (Å²) in [4.78, 5) is 27.9. The topological polar surface area (TPSA) is 73.4 Å². The minimum Gasteiger partial charge on any atom is -0.478 e. The van der Waals surface area contributed by atoms with Crippen LogP contribution >= 0.6 is 0 Å². The fraction of sp³-hybridized carbons (Fsp3) is 0.158. The highest BCUT2D eigenvalue weighted by Gasteiger charge is 2.14. The van der Waals surface area contributed by atoms with Crippen LogP contribution in [0.1, 0.15) is 21.5 Å². The number of amides is 1. The largest absolute Gasteiger partial charge is 0.478 e. The van der Waals surface area contributed by atoms with Crippen LogP contribution < -0.4 is 0 Å². The molecule has 5 nitrogen and oxygen atoms in total. The molecule has 0 saturated carbocycles. The summed E-state index contributed by atoms with van der Waals surface area (Å²) in [6, 6.07) is 10.9. The molecule has 0 bridgehead atoms. The average Bonchev–Trinajstić information content (AvgIpc) is 2.97. The number of aromatic carboxylic acids is 1. The fourth-order valence-corrected chi connectivity index (χ4v) is 2.72. The van der Waals surface area contributed by atoms with Crippen molar-refractivity contribution in [1.29, 1.82) is 0 Å². The van der Waals surface area contributed by atoms with Crippen molar-refractivity contribution in [3.8, 4) is 0 Å². The molecule has 0 saturated heterocycles. The second-order valence-electron chi connectivity index (χ2n) is 5.93. The number of likely N-dealkylation sites (N-methyl/N-ethyl adjacent to an activating group) is 1. The molecule has 6 heteroatoms. The number of benzene rings is 2. The summed E-state index contributed by atoms with van der Waals surface area (Å²) in [6.07, 6.45) is 1.92. The molecule has 0 fully saturated rings. The van der Waals surface area contributed by atoms with Crippen LogP contribution in [0.3, 0.4) is 0 Å². The van der Waals surface area contributed by atoms with Gasteiger partial charge in [0.15, 0.2) is 0 Å². The molecule has 0 aliphatic carbocycles. The van der Waals surface area contributed by atoms with Crippen LogP contribution in [0.25, 0.3) is 10.9 Å². The number of nitrogens with zero attached hydrogens (tertiary/aromatic N) is 1. The Kier molecular flexibility index (Phi) is 4.52. The van der Waals surface area contributed by atoms with Crippen LogP contribution in [-0.2, 0) is 17.8 Å². The van der Waals surface area contributed by atoms with Crippen molar-refractivity contribution in [3.05, 3.63) is 71.2 Å². The quantitative estimate of drug-likeness (QED) is 0.749. The molecule has 128 valence electrons. The predicted octanol–water partition coefficient (Wildman–Crippen LogP) is 3.21. The Balaban J connectivity index is 1.68. The van der Waals surface area contributed by atoms with Gasteiger partial charge < -0.3 is 15.0 Å². The number of hydrogen-bond donors (Lipinski definition) is 2. The first-order valence-corrected chi connectivity index (χ1v) is 7.76. The van der Waals surface area contributed by atoms with Crippen molar-refractivity contribution >= 4 is 22.8 Å². The van der Waals surface area contributed by atoms with Gasteiger partial charge in [0.05, 0.1) is 12.0 Å². The van der Waals surface area contributed by atoms with Gasteiger partial charge in [-0.25, -0.2) is 9.18 Å². The number of H-pyrrole nitrogens is 1. The molecular weight excluding hydrogens is 323 g/mol. The van der Waals surface area contributed by atoms with Crippen molar-refractivity contribution in [2.45, 2.75) is 13.0 Å². The maximum Gasteiger partial charge on any atom is 0.335 e. The first-order valence-electron chi connectivity index (χ1n) is 7.76. The molecule has 3 aromatic rings. The number of carboxylic acids is 1. The number of halogens is 1. The van der Waals surface area contributed by atoms with Gasteiger partial charge in [0.25, 0.3) is 0 Å². The van der Waals surface area contributed by atoms with E-state index in [-0.39, 0.29) is 23.7 Å². The summed E-state index contributed by atoms with van der Waals surface area (Å²) in [5.74, 6) is -1.38. The summed E-state index contributed by atoms with van der Waals surface area (Å²) >= 11 is 0. The van der Waals surface area contributed by atoms with E-state index in [2.05, 4.69) is 4.98 Å². The number of hydrogen-bond acceptors (Lipinski definition) is 2. The molecule has 0 radical (unpaired) electrons. The first-order chi connectivity index (χ1) is 11.9. The zero-order valence-corrected chi connectivity index (χ0v) is 13.6. The van der Waals surface area contributed by atoms with Crippen LogP contribution in [0.4, 0.5) is 4.39 Å². The third kappa shape index (κ3) is 3.68. The Morgan fingerprint density at radius 2 is 1.88 bits per heavy atom. The molecule has 0 aliphatic rings. The van der Waals surface area contributed by atoms with Crippen molar-refractivity contribution in [2.24, 2.45) is 0 Å². The van der Waals surface area contributed by atoms with E-state index in [9.17, 15) is 14.0 Å². The van der Waals surface area contributed by atoms with Crippen molar-refractivity contribution in [2.75, 3.05) is 7.05 Å². The van der Waals surface area contributed by atoms with Crippen LogP contribution in [-0.4, -0.2) is 33.9 Å². The van der Waals surface area contributed by atoms with Crippen molar-refractivity contribution < 1.29 is 19.1 Å². The zero-order valence-electron chi connectivity index (χ0n) is 13.6. The van der Waals surface area contributed by atoms with E-state index in [0.29, 0.717) is 12.1 Å². The van der Waals surface area contributed by atoms with Gasteiger partial charge in [-0.2, -0.15) is 0 Å². The number of carboxylic acid groups (broad SMARTS) is 1. The Morgan fingerprint density at radius 3 is 2.56 bits per heavy atom. The molecular formula is C19H17FN2O3. The molecule has 0 aliphatic heterocycles. The molecule has 2 aromatic carbocycles. The van der Waals surface area contributed by atoms with E-state index in [1.54, 1.807) is 36.3 Å². The summed E-state index contributed by atoms with van der Waals surface area (Å²) in [5.41, 5.74) is 2.54. The van der Waals surface area contributed by atoms with E-state index >= 15 is 0 Å². The number of rotatable bonds is 5. The minimum atomic E-state index is -0.980. The van der Waals surface area contributed by atoms with Gasteiger partial charge in [0.1, 0.15) is 5.82 Å². The molecule has 3 rings (SSSR count). The summed E-state index contributed by atoms with van der Waals surface area (Å²) in [6.45, 7) is 0.385. The third-order valence-corrected chi connectivity index (χ3v) is 4.12. The van der Waals surface area contributed by atoms with E-state index < -0.39 is 5.97 Å². The highest BCUT2D eigenvalue weighted by molar-refractivity contribution is 5.89. The minimum absolute atomic E-state index is 0.0764. The highest BCUT2D eigenvalue weighted by Crippen LogP contribution is 2.20. The number of fused-ring (bicyclic) bond motifs is 1. The van der Waals surface area contributed by atoms with E-state index in [1.165, 1.54) is 24.3 Å². The molecule has 0 atom stereocenters.